The Morgan fingerprint density at radius 1 is 1.50 bits per heavy atom. The molecule has 0 spiro atoms. The molecule has 0 aromatic carbocycles. The van der Waals surface area contributed by atoms with E-state index >= 15 is 0 Å². The second-order valence-corrected chi connectivity index (χ2v) is 2.83. The first-order chi connectivity index (χ1) is 6.86. The van der Waals surface area contributed by atoms with E-state index in [1.54, 1.807) is 12.3 Å². The van der Waals surface area contributed by atoms with Crippen molar-refractivity contribution in [3.63, 3.8) is 0 Å². The van der Waals surface area contributed by atoms with Gasteiger partial charge >= 0.3 is 0 Å². The molecule has 2 rings (SSSR count). The molecule has 0 aliphatic heterocycles. The van der Waals surface area contributed by atoms with Crippen LogP contribution in [0.4, 0.5) is 0 Å². The molecule has 0 saturated heterocycles. The summed E-state index contributed by atoms with van der Waals surface area (Å²) in [4.78, 5) is 8.00. The second-order valence-electron chi connectivity index (χ2n) is 2.83. The van der Waals surface area contributed by atoms with E-state index in [4.69, 9.17) is 4.42 Å². The van der Waals surface area contributed by atoms with Crippen molar-refractivity contribution in [3.8, 4) is 0 Å². The maximum absolute atomic E-state index is 5.48. The molecule has 0 radical (unpaired) electrons. The third-order valence-corrected chi connectivity index (χ3v) is 1.96. The molecule has 0 unspecified atom stereocenters. The van der Waals surface area contributed by atoms with E-state index in [1.807, 2.05) is 19.1 Å². The predicted octanol–water partition coefficient (Wildman–Crippen LogP) is 2.90. The van der Waals surface area contributed by atoms with E-state index in [9.17, 15) is 0 Å². The van der Waals surface area contributed by atoms with Crippen molar-refractivity contribution >= 4 is 23.3 Å². The average molecular weight is 186 g/mol. The van der Waals surface area contributed by atoms with Gasteiger partial charge in [-0.25, -0.2) is 9.97 Å². The van der Waals surface area contributed by atoms with Crippen molar-refractivity contribution in [3.05, 3.63) is 36.5 Å². The fourth-order valence-electron chi connectivity index (χ4n) is 1.37. The van der Waals surface area contributed by atoms with Gasteiger partial charge in [0.1, 0.15) is 12.1 Å². The van der Waals surface area contributed by atoms with Gasteiger partial charge in [-0.2, -0.15) is 0 Å². The molecule has 0 bridgehead atoms. The number of allylic oxidation sites excluding steroid dienone is 1. The highest BCUT2D eigenvalue weighted by molar-refractivity contribution is 5.87. The van der Waals surface area contributed by atoms with Gasteiger partial charge in [0.05, 0.1) is 5.39 Å². The standard InChI is InChI=1S/C11H10N2O/c1-3-5-8-9-6-12-7-13-11(9)14-10(8)4-2/h3-7H,2H2,1H3/b5-3-. The molecular formula is C11H10N2O. The predicted molar refractivity (Wildman–Crippen MR) is 56.6 cm³/mol. The first kappa shape index (κ1) is 8.69. The second kappa shape index (κ2) is 3.46. The van der Waals surface area contributed by atoms with E-state index in [2.05, 4.69) is 16.5 Å². The molecule has 3 nitrogen and oxygen atoms in total. The number of aromatic nitrogens is 2. The Morgan fingerprint density at radius 3 is 3.07 bits per heavy atom. The largest absolute Gasteiger partial charge is 0.438 e. The highest BCUT2D eigenvalue weighted by Gasteiger charge is 2.09. The minimum absolute atomic E-state index is 0.600. The Balaban J connectivity index is 2.80. The van der Waals surface area contributed by atoms with Crippen molar-refractivity contribution < 1.29 is 4.42 Å². The smallest absolute Gasteiger partial charge is 0.230 e. The molecule has 2 aromatic heterocycles. The van der Waals surface area contributed by atoms with Crippen LogP contribution in [0.2, 0.25) is 0 Å². The SMILES string of the molecule is C=Cc1oc2ncncc2c1/C=C\C. The Hall–Kier alpha value is -1.90. The molecule has 0 N–H and O–H groups in total. The zero-order valence-corrected chi connectivity index (χ0v) is 7.90. The van der Waals surface area contributed by atoms with Gasteiger partial charge in [0.25, 0.3) is 0 Å². The number of hydrogen-bond acceptors (Lipinski definition) is 3. The van der Waals surface area contributed by atoms with Crippen LogP contribution in [0.3, 0.4) is 0 Å². The normalized spacial score (nSPS) is 11.2. The number of fused-ring (bicyclic) bond motifs is 1. The Bertz CT molecular complexity index is 497. The minimum Gasteiger partial charge on any atom is -0.438 e. The molecule has 70 valence electrons. The fourth-order valence-corrected chi connectivity index (χ4v) is 1.37. The molecule has 0 atom stereocenters. The number of hydrogen-bond donors (Lipinski definition) is 0. The van der Waals surface area contributed by atoms with Gasteiger partial charge in [0.15, 0.2) is 0 Å². The van der Waals surface area contributed by atoms with Gasteiger partial charge in [-0.3, -0.25) is 0 Å². The van der Waals surface area contributed by atoms with E-state index in [1.165, 1.54) is 6.33 Å². The van der Waals surface area contributed by atoms with Gasteiger partial charge in [-0.05, 0) is 13.0 Å². The van der Waals surface area contributed by atoms with Crippen LogP contribution < -0.4 is 0 Å². The molecule has 0 amide bonds. The van der Waals surface area contributed by atoms with Gasteiger partial charge in [0.2, 0.25) is 5.71 Å². The zero-order chi connectivity index (χ0) is 9.97. The molecule has 0 fully saturated rings. The van der Waals surface area contributed by atoms with Gasteiger partial charge in [-0.1, -0.05) is 18.7 Å². The maximum atomic E-state index is 5.48. The fraction of sp³-hybridized carbons (Fsp3) is 0.0909. The van der Waals surface area contributed by atoms with Gasteiger partial charge in [0, 0.05) is 11.8 Å². The van der Waals surface area contributed by atoms with Crippen LogP contribution in [0.25, 0.3) is 23.3 Å². The average Bonchev–Trinajstić information content (AvgIpc) is 2.58. The van der Waals surface area contributed by atoms with Crippen molar-refractivity contribution in [2.75, 3.05) is 0 Å². The molecule has 2 heterocycles. The summed E-state index contributed by atoms with van der Waals surface area (Å²) in [5.41, 5.74) is 1.58. The molecule has 14 heavy (non-hydrogen) atoms. The third kappa shape index (κ3) is 1.23. The van der Waals surface area contributed by atoms with Gasteiger partial charge < -0.3 is 4.42 Å². The summed E-state index contributed by atoms with van der Waals surface area (Å²) in [6, 6.07) is 0. The van der Waals surface area contributed by atoms with Crippen LogP contribution in [0.1, 0.15) is 18.2 Å². The summed E-state index contributed by atoms with van der Waals surface area (Å²) in [6.07, 6.45) is 8.81. The molecule has 2 aromatic rings. The van der Waals surface area contributed by atoms with Crippen LogP contribution in [-0.4, -0.2) is 9.97 Å². The van der Waals surface area contributed by atoms with E-state index in [-0.39, 0.29) is 0 Å². The lowest BCUT2D eigenvalue weighted by molar-refractivity contribution is 0.590. The van der Waals surface area contributed by atoms with Crippen molar-refractivity contribution in [1.82, 2.24) is 9.97 Å². The molecule has 0 saturated carbocycles. The van der Waals surface area contributed by atoms with Crippen molar-refractivity contribution in [2.45, 2.75) is 6.92 Å². The van der Waals surface area contributed by atoms with Crippen LogP contribution in [0.15, 0.2) is 29.6 Å². The topological polar surface area (TPSA) is 38.9 Å². The van der Waals surface area contributed by atoms with Crippen LogP contribution in [0, 0.1) is 0 Å². The zero-order valence-electron chi connectivity index (χ0n) is 7.90. The lowest BCUT2D eigenvalue weighted by Gasteiger charge is -1.88. The number of rotatable bonds is 2. The minimum atomic E-state index is 0.600. The van der Waals surface area contributed by atoms with Crippen molar-refractivity contribution in [1.29, 1.82) is 0 Å². The van der Waals surface area contributed by atoms with Crippen LogP contribution >= 0.6 is 0 Å². The van der Waals surface area contributed by atoms with E-state index in [0.717, 1.165) is 16.7 Å². The lowest BCUT2D eigenvalue weighted by Crippen LogP contribution is -1.76. The molecule has 3 heteroatoms. The van der Waals surface area contributed by atoms with Crippen LogP contribution in [0.5, 0.6) is 0 Å². The summed E-state index contributed by atoms with van der Waals surface area (Å²) in [6.45, 7) is 5.65. The summed E-state index contributed by atoms with van der Waals surface area (Å²) in [7, 11) is 0. The van der Waals surface area contributed by atoms with E-state index < -0.39 is 0 Å². The quantitative estimate of drug-likeness (QED) is 0.723. The van der Waals surface area contributed by atoms with E-state index in [0.29, 0.717) is 5.71 Å². The first-order valence-corrected chi connectivity index (χ1v) is 4.34. The summed E-state index contributed by atoms with van der Waals surface area (Å²) < 4.78 is 5.48. The Labute approximate surface area is 81.8 Å². The first-order valence-electron chi connectivity index (χ1n) is 4.34. The van der Waals surface area contributed by atoms with Gasteiger partial charge in [-0.15, -0.1) is 0 Å². The Morgan fingerprint density at radius 2 is 2.36 bits per heavy atom. The maximum Gasteiger partial charge on any atom is 0.230 e. The summed E-state index contributed by atoms with van der Waals surface area (Å²) in [5.74, 6) is 0.735. The number of nitrogens with zero attached hydrogens (tertiary/aromatic N) is 2. The molecule has 0 aliphatic carbocycles. The number of furan rings is 1. The van der Waals surface area contributed by atoms with Crippen molar-refractivity contribution in [2.24, 2.45) is 0 Å². The molecule has 0 aliphatic rings. The highest BCUT2D eigenvalue weighted by atomic mass is 16.3. The monoisotopic (exact) mass is 186 g/mol. The lowest BCUT2D eigenvalue weighted by atomic mass is 10.2. The molecular weight excluding hydrogens is 176 g/mol. The third-order valence-electron chi connectivity index (χ3n) is 1.96. The Kier molecular flexibility index (Phi) is 2.14. The highest BCUT2D eigenvalue weighted by Crippen LogP contribution is 2.25. The summed E-state index contributed by atoms with van der Waals surface area (Å²) in [5, 5.41) is 0.917. The summed E-state index contributed by atoms with van der Waals surface area (Å²) >= 11 is 0. The van der Waals surface area contributed by atoms with Crippen LogP contribution in [-0.2, 0) is 0 Å².